The van der Waals surface area contributed by atoms with Crippen molar-refractivity contribution in [3.8, 4) is 0 Å². The van der Waals surface area contributed by atoms with E-state index < -0.39 is 23.7 Å². The van der Waals surface area contributed by atoms with E-state index in [4.69, 9.17) is 0 Å². The number of halogens is 4. The minimum atomic E-state index is -4.40. The summed E-state index contributed by atoms with van der Waals surface area (Å²) in [5.74, 6) is -0.746. The number of hydrogen-bond donors (Lipinski definition) is 1. The van der Waals surface area contributed by atoms with Gasteiger partial charge in [0.1, 0.15) is 5.82 Å². The van der Waals surface area contributed by atoms with Gasteiger partial charge in [-0.15, -0.1) is 0 Å². The average Bonchev–Trinajstić information content (AvgIpc) is 2.66. The minimum Gasteiger partial charge on any atom is -0.346 e. The standard InChI is InChI=1S/C23H25F4NO/c1-4-5-6-19-13-20(23(25,26)27)11-9-17(19)10-12-22(29)28-16(3)18-8-7-15(2)21(24)14-18/h7-14,16H,4-6H2,1-3H3,(H,28,29)/b12-10+/t16-/m1/s1. The zero-order valence-corrected chi connectivity index (χ0v) is 16.7. The normalized spacial score (nSPS) is 12.9. The molecule has 156 valence electrons. The van der Waals surface area contributed by atoms with Crippen LogP contribution in [0.4, 0.5) is 17.6 Å². The number of benzene rings is 2. The highest BCUT2D eigenvalue weighted by molar-refractivity contribution is 5.92. The maximum Gasteiger partial charge on any atom is 0.416 e. The molecule has 0 heterocycles. The van der Waals surface area contributed by atoms with E-state index in [1.54, 1.807) is 26.0 Å². The van der Waals surface area contributed by atoms with Crippen molar-refractivity contribution in [3.63, 3.8) is 0 Å². The molecule has 0 bridgehead atoms. The van der Waals surface area contributed by atoms with Gasteiger partial charge in [-0.2, -0.15) is 13.2 Å². The van der Waals surface area contributed by atoms with Crippen molar-refractivity contribution in [3.05, 3.63) is 76.1 Å². The SMILES string of the molecule is CCCCc1cc(C(F)(F)F)ccc1/C=C/C(=O)N[C@H](C)c1ccc(C)c(F)c1. The molecule has 0 radical (unpaired) electrons. The summed E-state index contributed by atoms with van der Waals surface area (Å²) in [6.45, 7) is 5.36. The highest BCUT2D eigenvalue weighted by Gasteiger charge is 2.30. The van der Waals surface area contributed by atoms with Gasteiger partial charge < -0.3 is 5.32 Å². The molecule has 0 aliphatic heterocycles. The molecular formula is C23H25F4NO. The Balaban J connectivity index is 2.14. The zero-order valence-electron chi connectivity index (χ0n) is 16.7. The van der Waals surface area contributed by atoms with Crippen LogP contribution < -0.4 is 5.32 Å². The zero-order chi connectivity index (χ0) is 21.6. The van der Waals surface area contributed by atoms with E-state index in [1.165, 1.54) is 24.3 Å². The van der Waals surface area contributed by atoms with Gasteiger partial charge in [0, 0.05) is 6.08 Å². The third kappa shape index (κ3) is 6.44. The maximum absolute atomic E-state index is 13.7. The molecule has 2 nitrogen and oxygen atoms in total. The van der Waals surface area contributed by atoms with Crippen molar-refractivity contribution in [2.24, 2.45) is 0 Å². The summed E-state index contributed by atoms with van der Waals surface area (Å²) in [5.41, 5.74) is 1.59. The molecule has 0 saturated heterocycles. The molecule has 0 spiro atoms. The van der Waals surface area contributed by atoms with Gasteiger partial charge in [0.05, 0.1) is 11.6 Å². The molecule has 2 rings (SSSR count). The van der Waals surface area contributed by atoms with Crippen molar-refractivity contribution in [1.29, 1.82) is 0 Å². The topological polar surface area (TPSA) is 29.1 Å². The first-order chi connectivity index (χ1) is 13.6. The number of nitrogens with one attached hydrogen (secondary N) is 1. The first-order valence-electron chi connectivity index (χ1n) is 9.56. The number of hydrogen-bond acceptors (Lipinski definition) is 1. The van der Waals surface area contributed by atoms with Crippen LogP contribution in [0.2, 0.25) is 0 Å². The Morgan fingerprint density at radius 3 is 2.52 bits per heavy atom. The van der Waals surface area contributed by atoms with E-state index in [9.17, 15) is 22.4 Å². The Morgan fingerprint density at radius 2 is 1.90 bits per heavy atom. The summed E-state index contributed by atoms with van der Waals surface area (Å²) >= 11 is 0. The van der Waals surface area contributed by atoms with Crippen LogP contribution in [-0.2, 0) is 17.4 Å². The van der Waals surface area contributed by atoms with Crippen molar-refractivity contribution in [2.75, 3.05) is 0 Å². The number of alkyl halides is 3. The lowest BCUT2D eigenvalue weighted by Crippen LogP contribution is -2.24. The molecule has 0 aliphatic rings. The Morgan fingerprint density at radius 1 is 1.17 bits per heavy atom. The van der Waals surface area contributed by atoms with Gasteiger partial charge in [0.2, 0.25) is 5.91 Å². The predicted molar refractivity (Wildman–Crippen MR) is 107 cm³/mol. The second-order valence-corrected chi connectivity index (χ2v) is 7.09. The summed E-state index contributed by atoms with van der Waals surface area (Å²) in [4.78, 5) is 12.2. The number of aryl methyl sites for hydroxylation is 2. The number of carbonyl (C=O) groups excluding carboxylic acids is 1. The highest BCUT2D eigenvalue weighted by Crippen LogP contribution is 2.31. The molecule has 1 atom stereocenters. The lowest BCUT2D eigenvalue weighted by molar-refractivity contribution is -0.137. The number of rotatable bonds is 7. The smallest absolute Gasteiger partial charge is 0.346 e. The van der Waals surface area contributed by atoms with E-state index in [1.807, 2.05) is 6.92 Å². The third-order valence-electron chi connectivity index (χ3n) is 4.74. The molecular weight excluding hydrogens is 382 g/mol. The van der Waals surface area contributed by atoms with E-state index in [-0.39, 0.29) is 5.82 Å². The van der Waals surface area contributed by atoms with Crippen molar-refractivity contribution in [2.45, 2.75) is 52.3 Å². The quantitative estimate of drug-likeness (QED) is 0.418. The van der Waals surface area contributed by atoms with Gasteiger partial charge in [-0.05, 0) is 73.2 Å². The average molecular weight is 407 g/mol. The van der Waals surface area contributed by atoms with Gasteiger partial charge in [0.15, 0.2) is 0 Å². The van der Waals surface area contributed by atoms with Crippen LogP contribution >= 0.6 is 0 Å². The summed E-state index contributed by atoms with van der Waals surface area (Å²) in [6.07, 6.45) is 0.511. The fraction of sp³-hybridized carbons (Fsp3) is 0.348. The molecule has 0 aliphatic carbocycles. The van der Waals surface area contributed by atoms with Gasteiger partial charge >= 0.3 is 6.18 Å². The molecule has 0 aromatic heterocycles. The van der Waals surface area contributed by atoms with E-state index in [0.29, 0.717) is 28.7 Å². The fourth-order valence-corrected chi connectivity index (χ4v) is 2.92. The summed E-state index contributed by atoms with van der Waals surface area (Å²) in [6, 6.07) is 7.90. The van der Waals surface area contributed by atoms with Crippen molar-refractivity contribution < 1.29 is 22.4 Å². The summed E-state index contributed by atoms with van der Waals surface area (Å²) < 4.78 is 52.7. The first-order valence-corrected chi connectivity index (χ1v) is 9.56. The Labute approximate surface area is 168 Å². The maximum atomic E-state index is 13.7. The first kappa shape index (κ1) is 22.7. The molecule has 6 heteroatoms. The van der Waals surface area contributed by atoms with Crippen molar-refractivity contribution in [1.82, 2.24) is 5.32 Å². The molecule has 0 saturated carbocycles. The molecule has 1 amide bonds. The lowest BCUT2D eigenvalue weighted by atomic mass is 9.98. The minimum absolute atomic E-state index is 0.343. The molecule has 0 unspecified atom stereocenters. The Bertz CT molecular complexity index is 887. The summed E-state index contributed by atoms with van der Waals surface area (Å²) in [7, 11) is 0. The van der Waals surface area contributed by atoms with Crippen LogP contribution in [0.3, 0.4) is 0 Å². The van der Waals surface area contributed by atoms with Crippen LogP contribution in [-0.4, -0.2) is 5.91 Å². The van der Waals surface area contributed by atoms with E-state index in [0.717, 1.165) is 25.0 Å². The molecule has 0 fully saturated rings. The fourth-order valence-electron chi connectivity index (χ4n) is 2.92. The molecule has 2 aromatic carbocycles. The highest BCUT2D eigenvalue weighted by atomic mass is 19.4. The number of carbonyl (C=O) groups is 1. The second kappa shape index (κ2) is 9.72. The molecule has 29 heavy (non-hydrogen) atoms. The van der Waals surface area contributed by atoms with Gasteiger partial charge in [0.25, 0.3) is 0 Å². The monoisotopic (exact) mass is 407 g/mol. The van der Waals surface area contributed by atoms with Crippen LogP contribution in [0, 0.1) is 12.7 Å². The van der Waals surface area contributed by atoms with E-state index >= 15 is 0 Å². The molecule has 2 aromatic rings. The second-order valence-electron chi connectivity index (χ2n) is 7.09. The Hall–Kier alpha value is -2.63. The Kier molecular flexibility index (Phi) is 7.59. The lowest BCUT2D eigenvalue weighted by Gasteiger charge is -2.14. The molecule has 1 N–H and O–H groups in total. The predicted octanol–water partition coefficient (Wildman–Crippen LogP) is 6.39. The summed E-state index contributed by atoms with van der Waals surface area (Å²) in [5, 5.41) is 2.74. The van der Waals surface area contributed by atoms with Crippen molar-refractivity contribution >= 4 is 12.0 Å². The van der Waals surface area contributed by atoms with E-state index in [2.05, 4.69) is 5.32 Å². The van der Waals surface area contributed by atoms with Gasteiger partial charge in [-0.25, -0.2) is 4.39 Å². The van der Waals surface area contributed by atoms with Crippen LogP contribution in [0.25, 0.3) is 6.08 Å². The third-order valence-corrected chi connectivity index (χ3v) is 4.74. The van der Waals surface area contributed by atoms with Crippen LogP contribution in [0.1, 0.15) is 60.5 Å². The number of amides is 1. The number of unbranched alkanes of at least 4 members (excludes halogenated alkanes) is 1. The van der Waals surface area contributed by atoms with Crippen LogP contribution in [0.5, 0.6) is 0 Å². The van der Waals surface area contributed by atoms with Crippen LogP contribution in [0.15, 0.2) is 42.5 Å². The van der Waals surface area contributed by atoms with Gasteiger partial charge in [-0.3, -0.25) is 4.79 Å². The van der Waals surface area contributed by atoms with Gasteiger partial charge in [-0.1, -0.05) is 31.5 Å². The largest absolute Gasteiger partial charge is 0.416 e.